The molecule has 1 aromatic carbocycles. The first kappa shape index (κ1) is 18.4. The zero-order valence-electron chi connectivity index (χ0n) is 15.2. The molecule has 3 aromatic rings. The zero-order chi connectivity index (χ0) is 18.9. The standard InChI is InChI=1S/C19H23N7O/c1-2-20-19(22-13-17-25-24-16-10-6-7-11-26(16)17)23-14-18(27)21-12-15-8-4-3-5-9-15/h3-11H,2,12-14H2,1H3,(H,21,27)(H2,20,22,23). The molecule has 140 valence electrons. The van der Waals surface area contributed by atoms with Crippen LogP contribution in [0.15, 0.2) is 59.7 Å². The van der Waals surface area contributed by atoms with Crippen LogP contribution in [0.5, 0.6) is 0 Å². The number of benzene rings is 1. The fourth-order valence-electron chi connectivity index (χ4n) is 2.51. The average molecular weight is 365 g/mol. The maximum absolute atomic E-state index is 12.0. The molecule has 2 aromatic heterocycles. The number of pyridine rings is 1. The Morgan fingerprint density at radius 3 is 2.67 bits per heavy atom. The number of amides is 1. The van der Waals surface area contributed by atoms with Crippen LogP contribution in [-0.2, 0) is 17.9 Å². The Hall–Kier alpha value is -3.42. The van der Waals surface area contributed by atoms with Gasteiger partial charge in [0.2, 0.25) is 5.91 Å². The van der Waals surface area contributed by atoms with Crippen LogP contribution in [0, 0.1) is 0 Å². The van der Waals surface area contributed by atoms with Gasteiger partial charge in [-0.05, 0) is 24.6 Å². The normalized spacial score (nSPS) is 11.4. The van der Waals surface area contributed by atoms with Crippen LogP contribution in [0.4, 0.5) is 0 Å². The van der Waals surface area contributed by atoms with E-state index in [2.05, 4.69) is 31.1 Å². The molecule has 3 rings (SSSR count). The van der Waals surface area contributed by atoms with Crippen molar-refractivity contribution in [2.45, 2.75) is 20.0 Å². The van der Waals surface area contributed by atoms with E-state index in [1.54, 1.807) is 0 Å². The second kappa shape index (κ2) is 9.33. The molecule has 27 heavy (non-hydrogen) atoms. The van der Waals surface area contributed by atoms with Gasteiger partial charge >= 0.3 is 0 Å². The van der Waals surface area contributed by atoms with Crippen molar-refractivity contribution in [2.24, 2.45) is 4.99 Å². The van der Waals surface area contributed by atoms with Crippen molar-refractivity contribution in [3.8, 4) is 0 Å². The van der Waals surface area contributed by atoms with E-state index in [4.69, 9.17) is 0 Å². The third-order valence-electron chi connectivity index (χ3n) is 3.86. The number of carbonyl (C=O) groups excluding carboxylic acids is 1. The monoisotopic (exact) mass is 365 g/mol. The number of guanidine groups is 1. The number of nitrogens with one attached hydrogen (secondary N) is 3. The van der Waals surface area contributed by atoms with E-state index in [1.807, 2.05) is 66.1 Å². The number of hydrogen-bond donors (Lipinski definition) is 3. The van der Waals surface area contributed by atoms with Gasteiger partial charge in [0.15, 0.2) is 17.4 Å². The highest BCUT2D eigenvalue weighted by Crippen LogP contribution is 2.03. The lowest BCUT2D eigenvalue weighted by atomic mass is 10.2. The molecule has 1 amide bonds. The summed E-state index contributed by atoms with van der Waals surface area (Å²) >= 11 is 0. The van der Waals surface area contributed by atoms with Crippen LogP contribution in [0.2, 0.25) is 0 Å². The van der Waals surface area contributed by atoms with Crippen molar-refractivity contribution < 1.29 is 4.79 Å². The van der Waals surface area contributed by atoms with Gasteiger partial charge in [-0.1, -0.05) is 36.4 Å². The molecule has 0 saturated heterocycles. The van der Waals surface area contributed by atoms with E-state index in [0.29, 0.717) is 25.6 Å². The second-order valence-electron chi connectivity index (χ2n) is 5.86. The smallest absolute Gasteiger partial charge is 0.239 e. The molecule has 0 spiro atoms. The van der Waals surface area contributed by atoms with Crippen LogP contribution in [-0.4, -0.2) is 39.6 Å². The van der Waals surface area contributed by atoms with Crippen LogP contribution in [0.25, 0.3) is 5.65 Å². The fraction of sp³-hybridized carbons (Fsp3) is 0.263. The van der Waals surface area contributed by atoms with Gasteiger partial charge in [0, 0.05) is 19.3 Å². The minimum atomic E-state index is -0.0996. The number of carbonyl (C=O) groups is 1. The maximum Gasteiger partial charge on any atom is 0.239 e. The summed E-state index contributed by atoms with van der Waals surface area (Å²) in [6, 6.07) is 15.5. The zero-order valence-corrected chi connectivity index (χ0v) is 15.2. The fourth-order valence-corrected chi connectivity index (χ4v) is 2.51. The van der Waals surface area contributed by atoms with Crippen molar-refractivity contribution in [1.29, 1.82) is 0 Å². The molecular formula is C19H23N7O. The van der Waals surface area contributed by atoms with Crippen molar-refractivity contribution in [1.82, 2.24) is 30.5 Å². The lowest BCUT2D eigenvalue weighted by Crippen LogP contribution is -2.43. The van der Waals surface area contributed by atoms with E-state index in [1.165, 1.54) is 0 Å². The van der Waals surface area contributed by atoms with Crippen LogP contribution in [0.1, 0.15) is 18.3 Å². The Bertz CT molecular complexity index is 905. The predicted octanol–water partition coefficient (Wildman–Crippen LogP) is 1.10. The van der Waals surface area contributed by atoms with Gasteiger partial charge in [-0.2, -0.15) is 0 Å². The van der Waals surface area contributed by atoms with Gasteiger partial charge in [0.1, 0.15) is 6.54 Å². The quantitative estimate of drug-likeness (QED) is 0.430. The second-order valence-corrected chi connectivity index (χ2v) is 5.86. The summed E-state index contributed by atoms with van der Waals surface area (Å²) in [6.45, 7) is 3.66. The minimum Gasteiger partial charge on any atom is -0.357 e. The maximum atomic E-state index is 12.0. The molecule has 0 radical (unpaired) electrons. The first-order valence-electron chi connectivity index (χ1n) is 8.87. The summed E-state index contributed by atoms with van der Waals surface area (Å²) in [7, 11) is 0. The molecule has 0 aliphatic carbocycles. The number of nitrogens with zero attached hydrogens (tertiary/aromatic N) is 4. The van der Waals surface area contributed by atoms with E-state index in [9.17, 15) is 4.79 Å². The molecule has 0 aliphatic heterocycles. The summed E-state index contributed by atoms with van der Waals surface area (Å²) in [5.41, 5.74) is 1.84. The van der Waals surface area contributed by atoms with E-state index < -0.39 is 0 Å². The molecule has 0 atom stereocenters. The van der Waals surface area contributed by atoms with Crippen molar-refractivity contribution in [3.05, 3.63) is 66.1 Å². The van der Waals surface area contributed by atoms with E-state index >= 15 is 0 Å². The molecule has 0 unspecified atom stereocenters. The summed E-state index contributed by atoms with van der Waals surface area (Å²) in [5, 5.41) is 17.3. The molecule has 2 heterocycles. The van der Waals surface area contributed by atoms with Gasteiger partial charge in [-0.25, -0.2) is 4.99 Å². The number of fused-ring (bicyclic) bond motifs is 1. The summed E-state index contributed by atoms with van der Waals surface area (Å²) in [4.78, 5) is 16.5. The largest absolute Gasteiger partial charge is 0.357 e. The van der Waals surface area contributed by atoms with Crippen LogP contribution >= 0.6 is 0 Å². The molecule has 8 nitrogen and oxygen atoms in total. The highest BCUT2D eigenvalue weighted by atomic mass is 16.1. The van der Waals surface area contributed by atoms with Crippen molar-refractivity contribution in [3.63, 3.8) is 0 Å². The lowest BCUT2D eigenvalue weighted by Gasteiger charge is -2.11. The first-order chi connectivity index (χ1) is 13.3. The number of aromatic nitrogens is 3. The Labute approximate surface area is 157 Å². The van der Waals surface area contributed by atoms with Gasteiger partial charge in [0.05, 0.1) is 6.54 Å². The highest BCUT2D eigenvalue weighted by molar-refractivity contribution is 5.86. The topological polar surface area (TPSA) is 95.7 Å². The van der Waals surface area contributed by atoms with E-state index in [0.717, 1.165) is 17.0 Å². The number of hydrogen-bond acceptors (Lipinski definition) is 4. The predicted molar refractivity (Wildman–Crippen MR) is 104 cm³/mol. The van der Waals surface area contributed by atoms with Gasteiger partial charge in [-0.15, -0.1) is 10.2 Å². The molecule has 3 N–H and O–H groups in total. The van der Waals surface area contributed by atoms with Crippen molar-refractivity contribution >= 4 is 17.5 Å². The summed E-state index contributed by atoms with van der Waals surface area (Å²) < 4.78 is 1.89. The summed E-state index contributed by atoms with van der Waals surface area (Å²) in [5.74, 6) is 1.19. The third-order valence-corrected chi connectivity index (χ3v) is 3.86. The number of aliphatic imine (C=N–C) groups is 1. The Kier molecular flexibility index (Phi) is 6.35. The first-order valence-corrected chi connectivity index (χ1v) is 8.87. The van der Waals surface area contributed by atoms with Crippen LogP contribution < -0.4 is 16.0 Å². The van der Waals surface area contributed by atoms with Crippen molar-refractivity contribution in [2.75, 3.05) is 13.1 Å². The van der Waals surface area contributed by atoms with Gasteiger partial charge in [0.25, 0.3) is 0 Å². The van der Waals surface area contributed by atoms with Gasteiger partial charge in [-0.3, -0.25) is 9.20 Å². The Balaban J connectivity index is 1.53. The molecular weight excluding hydrogens is 342 g/mol. The summed E-state index contributed by atoms with van der Waals surface area (Å²) in [6.07, 6.45) is 1.90. The Morgan fingerprint density at radius 2 is 1.85 bits per heavy atom. The molecule has 0 bridgehead atoms. The Morgan fingerprint density at radius 1 is 1.04 bits per heavy atom. The van der Waals surface area contributed by atoms with Gasteiger partial charge < -0.3 is 16.0 Å². The van der Waals surface area contributed by atoms with Crippen LogP contribution in [0.3, 0.4) is 0 Å². The number of rotatable bonds is 7. The molecule has 0 saturated carbocycles. The highest BCUT2D eigenvalue weighted by Gasteiger charge is 2.06. The van der Waals surface area contributed by atoms with E-state index in [-0.39, 0.29) is 12.5 Å². The average Bonchev–Trinajstić information content (AvgIpc) is 3.12. The minimum absolute atomic E-state index is 0.0996. The third kappa shape index (κ3) is 5.27. The molecule has 0 fully saturated rings. The lowest BCUT2D eigenvalue weighted by molar-refractivity contribution is -0.120. The molecule has 0 aliphatic rings. The SMILES string of the molecule is CCNC(=NCc1nnc2ccccn12)NCC(=O)NCc1ccccc1. The molecule has 8 heteroatoms.